The van der Waals surface area contributed by atoms with E-state index in [1.54, 1.807) is 0 Å². The van der Waals surface area contributed by atoms with Gasteiger partial charge in [-0.25, -0.2) is 0 Å². The molecule has 0 N–H and O–H groups in total. The molecule has 0 unspecified atom stereocenters. The van der Waals surface area contributed by atoms with Crippen molar-refractivity contribution in [1.29, 1.82) is 0 Å². The number of aliphatic imine (C=N–C) groups is 1. The predicted molar refractivity (Wildman–Crippen MR) is 116 cm³/mol. The molecule has 0 radical (unpaired) electrons. The Morgan fingerprint density at radius 2 is 1.25 bits per heavy atom. The van der Waals surface area contributed by atoms with Crippen molar-refractivity contribution < 1.29 is 0 Å². The van der Waals surface area contributed by atoms with Crippen LogP contribution in [0.2, 0.25) is 0 Å². The predicted octanol–water partition coefficient (Wildman–Crippen LogP) is 5.41. The highest BCUT2D eigenvalue weighted by Crippen LogP contribution is 2.61. The Bertz CT molecular complexity index is 688. The molecule has 128 valence electrons. The fourth-order valence-corrected chi connectivity index (χ4v) is 10.6. The molecule has 0 amide bonds. The van der Waals surface area contributed by atoms with Gasteiger partial charge in [-0.2, -0.15) is 0 Å². The first kappa shape index (κ1) is 19.4. The highest BCUT2D eigenvalue weighted by Gasteiger charge is 2.31. The van der Waals surface area contributed by atoms with Gasteiger partial charge < -0.3 is 0 Å². The highest BCUT2D eigenvalue weighted by molar-refractivity contribution is 8.75. The zero-order valence-electron chi connectivity index (χ0n) is 15.1. The maximum absolute atomic E-state index is 6.30. The van der Waals surface area contributed by atoms with Crippen molar-refractivity contribution in [3.8, 4) is 0 Å². The summed E-state index contributed by atoms with van der Waals surface area (Å²) in [5.41, 5.74) is -0.0696. The summed E-state index contributed by atoms with van der Waals surface area (Å²) < 4.78 is -0.130. The molecule has 0 saturated heterocycles. The Morgan fingerprint density at radius 1 is 0.833 bits per heavy atom. The van der Waals surface area contributed by atoms with Crippen LogP contribution in [0.1, 0.15) is 34.6 Å². The molecule has 2 rings (SSSR count). The lowest BCUT2D eigenvalue weighted by atomic mass is 10.1. The molecule has 0 heterocycles. The summed E-state index contributed by atoms with van der Waals surface area (Å²) in [4.78, 5) is 4.73. The molecule has 0 aromatic heterocycles. The van der Waals surface area contributed by atoms with Crippen LogP contribution in [0.25, 0.3) is 0 Å². The molecule has 0 aliphatic heterocycles. The van der Waals surface area contributed by atoms with E-state index in [-0.39, 0.29) is 10.3 Å². The van der Waals surface area contributed by atoms with E-state index in [0.717, 1.165) is 0 Å². The van der Waals surface area contributed by atoms with Crippen LogP contribution in [0.3, 0.4) is 0 Å². The summed E-state index contributed by atoms with van der Waals surface area (Å²) in [6.07, 6.45) is 2.07. The maximum Gasteiger partial charge on any atom is 0.0621 e. The molecule has 24 heavy (non-hydrogen) atoms. The van der Waals surface area contributed by atoms with E-state index >= 15 is 0 Å². The van der Waals surface area contributed by atoms with Crippen molar-refractivity contribution in [3.05, 3.63) is 60.7 Å². The van der Waals surface area contributed by atoms with Crippen LogP contribution in [-0.4, -0.2) is 16.5 Å². The third kappa shape index (κ3) is 5.31. The third-order valence-corrected chi connectivity index (χ3v) is 11.5. The van der Waals surface area contributed by atoms with Gasteiger partial charge in [0.25, 0.3) is 0 Å². The third-order valence-electron chi connectivity index (χ3n) is 3.32. The monoisotopic (exact) mass is 375 g/mol. The molecule has 0 atom stereocenters. The van der Waals surface area contributed by atoms with E-state index < -0.39 is 5.24 Å². The Balaban J connectivity index is 2.45. The van der Waals surface area contributed by atoms with Crippen molar-refractivity contribution in [2.45, 2.75) is 44.9 Å². The van der Waals surface area contributed by atoms with E-state index in [4.69, 9.17) is 16.8 Å². The Kier molecular flexibility index (Phi) is 6.12. The normalized spacial score (nSPS) is 13.4. The smallest absolute Gasteiger partial charge is 0.0621 e. The summed E-state index contributed by atoms with van der Waals surface area (Å²) in [5, 5.41) is 0.519. The molecule has 0 saturated carbocycles. The first-order chi connectivity index (χ1) is 11.1. The van der Waals surface area contributed by atoms with Gasteiger partial charge in [0.1, 0.15) is 0 Å². The van der Waals surface area contributed by atoms with Gasteiger partial charge in [0.15, 0.2) is 0 Å². The average Bonchev–Trinajstić information content (AvgIpc) is 2.54. The van der Waals surface area contributed by atoms with E-state index in [1.807, 2.05) is 23.5 Å². The topological polar surface area (TPSA) is 12.4 Å². The lowest BCUT2D eigenvalue weighted by molar-refractivity contribution is 0.583. The first-order valence-electron chi connectivity index (χ1n) is 8.11. The zero-order chi connectivity index (χ0) is 17.8. The molecular weight excluding hydrogens is 349 g/mol. The van der Waals surface area contributed by atoms with E-state index in [9.17, 15) is 0 Å². The molecular formula is C20H26NPS2. The summed E-state index contributed by atoms with van der Waals surface area (Å²) in [6, 6.07) is 21.1. The number of nitrogens with zero attached hydrogens (tertiary/aromatic N) is 1. The summed E-state index contributed by atoms with van der Waals surface area (Å²) >= 11 is 8.18. The van der Waals surface area contributed by atoms with Crippen LogP contribution < -0.4 is 10.6 Å². The first-order valence-corrected chi connectivity index (χ1v) is 12.3. The van der Waals surface area contributed by atoms with Gasteiger partial charge in [-0.1, -0.05) is 72.5 Å². The van der Waals surface area contributed by atoms with Crippen molar-refractivity contribution >= 4 is 45.3 Å². The summed E-state index contributed by atoms with van der Waals surface area (Å²) in [5.74, 6) is 0. The summed E-state index contributed by atoms with van der Waals surface area (Å²) in [6.45, 7) is 10.8. The molecule has 0 fully saturated rings. The van der Waals surface area contributed by atoms with Gasteiger partial charge in [0, 0.05) is 6.21 Å². The van der Waals surface area contributed by atoms with Gasteiger partial charge in [-0.05, 0) is 45.2 Å². The number of benzene rings is 2. The van der Waals surface area contributed by atoms with Gasteiger partial charge in [-0.15, -0.1) is 11.4 Å². The number of hydrogen-bond donors (Lipinski definition) is 0. The number of rotatable bonds is 5. The largest absolute Gasteiger partial charge is 0.290 e. The molecule has 2 aromatic carbocycles. The van der Waals surface area contributed by atoms with Crippen LogP contribution in [-0.2, 0) is 11.8 Å². The molecule has 2 aromatic rings. The molecule has 0 aliphatic carbocycles. The fraction of sp³-hybridized carbons (Fsp3) is 0.350. The van der Waals surface area contributed by atoms with E-state index in [1.165, 1.54) is 10.6 Å². The second-order valence-corrected chi connectivity index (χ2v) is 15.2. The van der Waals surface area contributed by atoms with Gasteiger partial charge in [-0.3, -0.25) is 4.99 Å². The van der Waals surface area contributed by atoms with Crippen LogP contribution >= 0.6 is 16.6 Å². The van der Waals surface area contributed by atoms with Crippen molar-refractivity contribution in [3.63, 3.8) is 0 Å². The van der Waals surface area contributed by atoms with Crippen LogP contribution in [0.5, 0.6) is 0 Å². The Labute approximate surface area is 155 Å². The van der Waals surface area contributed by atoms with Crippen molar-refractivity contribution in [2.75, 3.05) is 0 Å². The highest BCUT2D eigenvalue weighted by atomic mass is 32.9. The van der Waals surface area contributed by atoms with E-state index in [0.29, 0.717) is 0 Å². The molecule has 4 heteroatoms. The van der Waals surface area contributed by atoms with Crippen molar-refractivity contribution in [1.82, 2.24) is 0 Å². The lowest BCUT2D eigenvalue weighted by Crippen LogP contribution is -2.24. The minimum Gasteiger partial charge on any atom is -0.290 e. The maximum atomic E-state index is 6.30. The Morgan fingerprint density at radius 3 is 1.62 bits per heavy atom. The van der Waals surface area contributed by atoms with Crippen molar-refractivity contribution in [2.24, 2.45) is 4.99 Å². The fourth-order valence-electron chi connectivity index (χ4n) is 2.21. The van der Waals surface area contributed by atoms with Crippen LogP contribution in [0, 0.1) is 0 Å². The Hall–Kier alpha value is -0.890. The zero-order valence-corrected chi connectivity index (χ0v) is 17.6. The molecule has 0 spiro atoms. The van der Waals surface area contributed by atoms with E-state index in [2.05, 4.69) is 89.4 Å². The quantitative estimate of drug-likeness (QED) is 0.511. The minimum absolute atomic E-state index is 0.0696. The average molecular weight is 376 g/mol. The second-order valence-electron chi connectivity index (χ2n) is 7.35. The molecule has 0 aliphatic rings. The molecule has 0 bridgehead atoms. The van der Waals surface area contributed by atoms with Gasteiger partial charge in [0.2, 0.25) is 0 Å². The SMILES string of the molecule is CC(C)(C)N=CC(C)(C)SP(=S)(c1ccccc1)c1ccccc1. The van der Waals surface area contributed by atoms with Gasteiger partial charge in [0.05, 0.1) is 15.5 Å². The lowest BCUT2D eigenvalue weighted by Gasteiger charge is -2.31. The molecule has 1 nitrogen and oxygen atoms in total. The van der Waals surface area contributed by atoms with Crippen LogP contribution in [0.15, 0.2) is 65.7 Å². The van der Waals surface area contributed by atoms with Gasteiger partial charge >= 0.3 is 0 Å². The standard InChI is InChI=1S/C20H26NPS2/c1-19(2,3)21-16-20(4,5)24-22(23,17-12-8-6-9-13-17)18-14-10-7-11-15-18/h6-16H,1-5H3. The minimum atomic E-state index is -1.97. The second kappa shape index (κ2) is 7.56. The van der Waals surface area contributed by atoms with Crippen LogP contribution in [0.4, 0.5) is 0 Å². The summed E-state index contributed by atoms with van der Waals surface area (Å²) in [7, 11) is 0. The number of hydrogen-bond acceptors (Lipinski definition) is 3.